The molecule has 0 aliphatic heterocycles. The molecule has 0 aromatic heterocycles. The van der Waals surface area contributed by atoms with Gasteiger partial charge in [-0.05, 0) is 49.1 Å². The number of benzene rings is 2. The van der Waals surface area contributed by atoms with E-state index in [4.69, 9.17) is 4.74 Å². The molecular weight excluding hydrogens is 302 g/mol. The van der Waals surface area contributed by atoms with Gasteiger partial charge in [0.05, 0.1) is 5.56 Å². The van der Waals surface area contributed by atoms with Crippen LogP contribution in [-0.4, -0.2) is 18.5 Å². The molecule has 4 heteroatoms. The second kappa shape index (κ2) is 7.77. The van der Waals surface area contributed by atoms with Gasteiger partial charge in [0.2, 0.25) is 0 Å². The minimum Gasteiger partial charge on any atom is -0.452 e. The van der Waals surface area contributed by atoms with Crippen LogP contribution in [0.2, 0.25) is 0 Å². The van der Waals surface area contributed by atoms with Crippen LogP contribution in [0.5, 0.6) is 0 Å². The highest BCUT2D eigenvalue weighted by molar-refractivity contribution is 5.96. The summed E-state index contributed by atoms with van der Waals surface area (Å²) in [5.74, 6) is -0.402. The van der Waals surface area contributed by atoms with Gasteiger partial charge < -0.3 is 10.1 Å². The summed E-state index contributed by atoms with van der Waals surface area (Å²) < 4.78 is 5.11. The van der Waals surface area contributed by atoms with Crippen LogP contribution in [0.3, 0.4) is 0 Å². The number of carbonyl (C=O) groups excluding carboxylic acids is 2. The average Bonchev–Trinajstić information content (AvgIpc) is 2.55. The van der Waals surface area contributed by atoms with Gasteiger partial charge in [0, 0.05) is 5.69 Å². The van der Waals surface area contributed by atoms with E-state index in [1.165, 1.54) is 5.56 Å². The van der Waals surface area contributed by atoms with E-state index in [1.807, 2.05) is 50.2 Å². The second-order valence-electron chi connectivity index (χ2n) is 6.22. The lowest BCUT2D eigenvalue weighted by Crippen LogP contribution is -2.21. The molecule has 0 radical (unpaired) electrons. The van der Waals surface area contributed by atoms with Gasteiger partial charge in [0.1, 0.15) is 0 Å². The van der Waals surface area contributed by atoms with Crippen molar-refractivity contribution in [2.45, 2.75) is 33.6 Å². The first-order valence-corrected chi connectivity index (χ1v) is 8.01. The number of anilines is 1. The van der Waals surface area contributed by atoms with E-state index < -0.39 is 5.97 Å². The van der Waals surface area contributed by atoms with Crippen LogP contribution >= 0.6 is 0 Å². The fraction of sp³-hybridized carbons (Fsp3) is 0.300. The Morgan fingerprint density at radius 3 is 2.33 bits per heavy atom. The first-order valence-electron chi connectivity index (χ1n) is 8.01. The number of hydrogen-bond donors (Lipinski definition) is 1. The molecule has 0 spiro atoms. The fourth-order valence-corrected chi connectivity index (χ4v) is 2.31. The molecule has 0 saturated carbocycles. The van der Waals surface area contributed by atoms with Crippen LogP contribution < -0.4 is 5.32 Å². The summed E-state index contributed by atoms with van der Waals surface area (Å²) in [6.07, 6.45) is 0. The van der Waals surface area contributed by atoms with E-state index in [0.717, 1.165) is 11.1 Å². The maximum atomic E-state index is 12.1. The molecule has 1 N–H and O–H groups in total. The van der Waals surface area contributed by atoms with Gasteiger partial charge in [-0.25, -0.2) is 4.79 Å². The summed E-state index contributed by atoms with van der Waals surface area (Å²) in [7, 11) is 0. The minimum absolute atomic E-state index is 0.307. The average molecular weight is 325 g/mol. The summed E-state index contributed by atoms with van der Waals surface area (Å²) in [5, 5.41) is 2.72. The molecule has 4 nitrogen and oxygen atoms in total. The lowest BCUT2D eigenvalue weighted by atomic mass is 10.0. The number of aryl methyl sites for hydroxylation is 2. The van der Waals surface area contributed by atoms with E-state index in [2.05, 4.69) is 19.2 Å². The summed E-state index contributed by atoms with van der Waals surface area (Å²) in [5.41, 5.74) is 4.18. The molecule has 2 rings (SSSR count). The third kappa shape index (κ3) is 4.69. The van der Waals surface area contributed by atoms with Gasteiger partial charge >= 0.3 is 5.97 Å². The smallest absolute Gasteiger partial charge is 0.338 e. The third-order valence-corrected chi connectivity index (χ3v) is 3.81. The molecule has 0 heterocycles. The predicted molar refractivity (Wildman–Crippen MR) is 95.4 cm³/mol. The number of carbonyl (C=O) groups is 2. The first kappa shape index (κ1) is 17.7. The fourth-order valence-electron chi connectivity index (χ4n) is 2.31. The monoisotopic (exact) mass is 325 g/mol. The van der Waals surface area contributed by atoms with Crippen molar-refractivity contribution in [2.24, 2.45) is 0 Å². The molecule has 0 bridgehead atoms. The van der Waals surface area contributed by atoms with Gasteiger partial charge in [-0.3, -0.25) is 4.79 Å². The largest absolute Gasteiger partial charge is 0.452 e. The highest BCUT2D eigenvalue weighted by Gasteiger charge is 2.13. The SMILES string of the molecule is Cc1ccc(C)c(C(=O)OCC(=O)Nc2ccc(C(C)C)cc2)c1. The molecule has 0 unspecified atom stereocenters. The summed E-state index contributed by atoms with van der Waals surface area (Å²) >= 11 is 0. The van der Waals surface area contributed by atoms with Gasteiger partial charge in [-0.2, -0.15) is 0 Å². The van der Waals surface area contributed by atoms with E-state index in [-0.39, 0.29) is 12.5 Å². The molecule has 0 aliphatic rings. The van der Waals surface area contributed by atoms with Crippen molar-refractivity contribution in [3.8, 4) is 0 Å². The Morgan fingerprint density at radius 2 is 1.71 bits per heavy atom. The summed E-state index contributed by atoms with van der Waals surface area (Å²) in [4.78, 5) is 24.0. The van der Waals surface area contributed by atoms with Crippen molar-refractivity contribution >= 4 is 17.6 Å². The Kier molecular flexibility index (Phi) is 5.74. The zero-order valence-corrected chi connectivity index (χ0v) is 14.6. The number of amides is 1. The van der Waals surface area contributed by atoms with Crippen LogP contribution in [0.25, 0.3) is 0 Å². The Bertz CT molecular complexity index is 733. The maximum absolute atomic E-state index is 12.1. The maximum Gasteiger partial charge on any atom is 0.338 e. The number of rotatable bonds is 5. The standard InChI is InChI=1S/C20H23NO3/c1-13(2)16-7-9-17(10-8-16)21-19(22)12-24-20(23)18-11-14(3)5-6-15(18)4/h5-11,13H,12H2,1-4H3,(H,21,22). The summed E-state index contributed by atoms with van der Waals surface area (Å²) in [6.45, 7) is 7.66. The lowest BCUT2D eigenvalue weighted by Gasteiger charge is -2.10. The van der Waals surface area contributed by atoms with E-state index >= 15 is 0 Å². The molecule has 0 fully saturated rings. The highest BCUT2D eigenvalue weighted by atomic mass is 16.5. The first-order chi connectivity index (χ1) is 11.4. The molecule has 0 saturated heterocycles. The molecule has 2 aromatic carbocycles. The zero-order valence-electron chi connectivity index (χ0n) is 14.6. The Morgan fingerprint density at radius 1 is 1.04 bits per heavy atom. The predicted octanol–water partition coefficient (Wildman–Crippen LogP) is 4.22. The summed E-state index contributed by atoms with van der Waals surface area (Å²) in [6, 6.07) is 13.2. The quantitative estimate of drug-likeness (QED) is 0.837. The molecule has 0 atom stereocenters. The number of esters is 1. The molecule has 1 amide bonds. The number of nitrogens with one attached hydrogen (secondary N) is 1. The normalized spacial score (nSPS) is 10.5. The van der Waals surface area contributed by atoms with Crippen LogP contribution in [-0.2, 0) is 9.53 Å². The molecular formula is C20H23NO3. The van der Waals surface area contributed by atoms with Gasteiger partial charge in [-0.15, -0.1) is 0 Å². The van der Waals surface area contributed by atoms with Crippen molar-refractivity contribution in [3.63, 3.8) is 0 Å². The molecule has 126 valence electrons. The highest BCUT2D eigenvalue weighted by Crippen LogP contribution is 2.17. The number of ether oxygens (including phenoxy) is 1. The van der Waals surface area contributed by atoms with Crippen LogP contribution in [0.4, 0.5) is 5.69 Å². The van der Waals surface area contributed by atoms with Gasteiger partial charge in [0.25, 0.3) is 5.91 Å². The topological polar surface area (TPSA) is 55.4 Å². The molecule has 0 aliphatic carbocycles. The van der Waals surface area contributed by atoms with Gasteiger partial charge in [-0.1, -0.05) is 43.7 Å². The Labute approximate surface area is 142 Å². The van der Waals surface area contributed by atoms with Crippen molar-refractivity contribution in [1.82, 2.24) is 0 Å². The van der Waals surface area contributed by atoms with Crippen LogP contribution in [0.15, 0.2) is 42.5 Å². The van der Waals surface area contributed by atoms with E-state index in [9.17, 15) is 9.59 Å². The van der Waals surface area contributed by atoms with Crippen LogP contribution in [0.1, 0.15) is 46.8 Å². The molecule has 24 heavy (non-hydrogen) atoms. The lowest BCUT2D eigenvalue weighted by molar-refractivity contribution is -0.119. The van der Waals surface area contributed by atoms with E-state index in [0.29, 0.717) is 17.2 Å². The Hall–Kier alpha value is -2.62. The number of hydrogen-bond acceptors (Lipinski definition) is 3. The molecule has 2 aromatic rings. The van der Waals surface area contributed by atoms with E-state index in [1.54, 1.807) is 6.07 Å². The zero-order chi connectivity index (χ0) is 17.7. The van der Waals surface area contributed by atoms with Crippen molar-refractivity contribution in [3.05, 3.63) is 64.7 Å². The van der Waals surface area contributed by atoms with Crippen molar-refractivity contribution in [1.29, 1.82) is 0 Å². The van der Waals surface area contributed by atoms with Crippen molar-refractivity contribution < 1.29 is 14.3 Å². The minimum atomic E-state index is -0.485. The van der Waals surface area contributed by atoms with Crippen molar-refractivity contribution in [2.75, 3.05) is 11.9 Å². The third-order valence-electron chi connectivity index (χ3n) is 3.81. The van der Waals surface area contributed by atoms with Gasteiger partial charge in [0.15, 0.2) is 6.61 Å². The second-order valence-corrected chi connectivity index (χ2v) is 6.22. The Balaban J connectivity index is 1.90. The van der Waals surface area contributed by atoms with Crippen LogP contribution in [0, 0.1) is 13.8 Å².